The number of ether oxygens (including phenoxy) is 2. The Hall–Kier alpha value is -3.76. The second kappa shape index (κ2) is 10.3. The number of aromatic nitrogens is 5. The summed E-state index contributed by atoms with van der Waals surface area (Å²) in [7, 11) is 0. The first-order valence-electron chi connectivity index (χ1n) is 14.2. The van der Waals surface area contributed by atoms with E-state index in [9.17, 15) is 4.79 Å². The third-order valence-electron chi connectivity index (χ3n) is 8.89. The molecule has 0 spiro atoms. The molecule has 0 bridgehead atoms. The SMILES string of the molecule is CCC(C)(C)n1nnnc1C(c1cc2cc(C)c(C)cc2[nH]c1=O)[NH+]1CC[NH+](Cc2ccc3c(c2)OCO3)CC1. The molecule has 4 aromatic rings. The summed E-state index contributed by atoms with van der Waals surface area (Å²) < 4.78 is 13.0. The Kier molecular flexibility index (Phi) is 6.83. The van der Waals surface area contributed by atoms with Gasteiger partial charge in [0, 0.05) is 11.1 Å². The average Bonchev–Trinajstić information content (AvgIpc) is 3.61. The zero-order valence-electron chi connectivity index (χ0n) is 24.0. The van der Waals surface area contributed by atoms with Crippen molar-refractivity contribution in [3.05, 3.63) is 74.8 Å². The van der Waals surface area contributed by atoms with Crippen molar-refractivity contribution in [3.63, 3.8) is 0 Å². The fourth-order valence-electron chi connectivity index (χ4n) is 5.93. The Morgan fingerprint density at radius 3 is 2.55 bits per heavy atom. The van der Waals surface area contributed by atoms with Crippen LogP contribution in [0.2, 0.25) is 0 Å². The molecule has 2 aliphatic rings. The number of benzene rings is 2. The van der Waals surface area contributed by atoms with Crippen LogP contribution in [0.25, 0.3) is 10.9 Å². The predicted molar refractivity (Wildman–Crippen MR) is 151 cm³/mol. The highest BCUT2D eigenvalue weighted by Gasteiger charge is 2.39. The number of nitrogens with one attached hydrogen (secondary N) is 3. The highest BCUT2D eigenvalue weighted by molar-refractivity contribution is 5.80. The van der Waals surface area contributed by atoms with E-state index in [2.05, 4.69) is 85.5 Å². The average molecular weight is 546 g/mol. The van der Waals surface area contributed by atoms with Crippen molar-refractivity contribution in [2.24, 2.45) is 0 Å². The van der Waals surface area contributed by atoms with Gasteiger partial charge in [0.05, 0.1) is 11.1 Å². The Labute approximate surface area is 233 Å². The first-order chi connectivity index (χ1) is 19.2. The third kappa shape index (κ3) is 4.86. The summed E-state index contributed by atoms with van der Waals surface area (Å²) in [6, 6.07) is 12.2. The Bertz CT molecular complexity index is 1600. The van der Waals surface area contributed by atoms with E-state index in [1.54, 1.807) is 0 Å². The molecule has 0 amide bonds. The molecule has 0 aliphatic carbocycles. The van der Waals surface area contributed by atoms with Gasteiger partial charge in [-0.05, 0) is 97.5 Å². The molecule has 1 unspecified atom stereocenters. The number of aryl methyl sites for hydroxylation is 2. The van der Waals surface area contributed by atoms with Gasteiger partial charge >= 0.3 is 0 Å². The number of hydrogen-bond donors (Lipinski definition) is 3. The molecule has 0 saturated carbocycles. The van der Waals surface area contributed by atoms with Gasteiger partial charge in [-0.2, -0.15) is 0 Å². The van der Waals surface area contributed by atoms with Crippen molar-refractivity contribution in [2.45, 2.75) is 59.2 Å². The molecule has 2 aliphatic heterocycles. The first-order valence-corrected chi connectivity index (χ1v) is 14.2. The molecule has 4 heterocycles. The van der Waals surface area contributed by atoms with Crippen LogP contribution >= 0.6 is 0 Å². The highest BCUT2D eigenvalue weighted by Crippen LogP contribution is 2.32. The van der Waals surface area contributed by atoms with E-state index in [1.165, 1.54) is 20.9 Å². The lowest BCUT2D eigenvalue weighted by atomic mass is 9.98. The van der Waals surface area contributed by atoms with E-state index in [-0.39, 0.29) is 23.9 Å². The Morgan fingerprint density at radius 1 is 1.02 bits per heavy atom. The molecule has 2 aromatic heterocycles. The summed E-state index contributed by atoms with van der Waals surface area (Å²) in [6.07, 6.45) is 0.868. The van der Waals surface area contributed by atoms with Crippen LogP contribution in [0.5, 0.6) is 11.5 Å². The van der Waals surface area contributed by atoms with Crippen molar-refractivity contribution >= 4 is 10.9 Å². The van der Waals surface area contributed by atoms with E-state index in [1.807, 2.05) is 10.7 Å². The lowest BCUT2D eigenvalue weighted by Gasteiger charge is -2.35. The molecule has 40 heavy (non-hydrogen) atoms. The van der Waals surface area contributed by atoms with Crippen LogP contribution in [0.15, 0.2) is 41.2 Å². The fraction of sp³-hybridized carbons (Fsp3) is 0.467. The summed E-state index contributed by atoms with van der Waals surface area (Å²) in [5.74, 6) is 2.39. The van der Waals surface area contributed by atoms with Gasteiger partial charge < -0.3 is 24.3 Å². The van der Waals surface area contributed by atoms with Crippen LogP contribution in [0.3, 0.4) is 0 Å². The standard InChI is InChI=1S/C30H37N7O3/c1-6-30(4,5)37-28(32-33-34-37)27(23-16-22-13-19(2)20(3)14-24(22)31-29(23)38)36-11-9-35(10-12-36)17-21-7-8-25-26(15-21)40-18-39-25/h7-8,13-16,27H,6,9-12,17-18H2,1-5H3,(H,31,38)/p+2. The minimum atomic E-state index is -0.278. The van der Waals surface area contributed by atoms with E-state index in [0.717, 1.165) is 72.9 Å². The molecule has 6 rings (SSSR count). The summed E-state index contributed by atoms with van der Waals surface area (Å²) in [4.78, 5) is 19.7. The Balaban J connectivity index is 1.33. The quantitative estimate of drug-likeness (QED) is 0.321. The zero-order valence-corrected chi connectivity index (χ0v) is 24.0. The van der Waals surface area contributed by atoms with Gasteiger partial charge in [0.25, 0.3) is 5.56 Å². The molecule has 2 aromatic carbocycles. The maximum Gasteiger partial charge on any atom is 0.258 e. The summed E-state index contributed by atoms with van der Waals surface area (Å²) in [5, 5.41) is 14.1. The molecule has 10 heteroatoms. The molecule has 210 valence electrons. The molecule has 1 atom stereocenters. The van der Waals surface area contributed by atoms with Gasteiger partial charge in [0.2, 0.25) is 12.6 Å². The van der Waals surface area contributed by atoms with Gasteiger partial charge in [-0.15, -0.1) is 5.10 Å². The molecular formula is C30H39N7O3+2. The Morgan fingerprint density at radius 2 is 1.77 bits per heavy atom. The smallest absolute Gasteiger partial charge is 0.258 e. The van der Waals surface area contributed by atoms with E-state index < -0.39 is 0 Å². The summed E-state index contributed by atoms with van der Waals surface area (Å²) in [6.45, 7) is 15.6. The van der Waals surface area contributed by atoms with Crippen molar-refractivity contribution < 1.29 is 19.3 Å². The summed E-state index contributed by atoms with van der Waals surface area (Å²) >= 11 is 0. The minimum absolute atomic E-state index is 0.0766. The van der Waals surface area contributed by atoms with Gasteiger partial charge in [0.1, 0.15) is 32.7 Å². The molecule has 0 radical (unpaired) electrons. The van der Waals surface area contributed by atoms with Crippen LogP contribution in [0.1, 0.15) is 61.3 Å². The number of quaternary nitrogens is 2. The molecule has 1 saturated heterocycles. The number of H-pyrrole nitrogens is 1. The normalized spacial score (nSPS) is 19.7. The van der Waals surface area contributed by atoms with Crippen molar-refractivity contribution in [1.29, 1.82) is 0 Å². The van der Waals surface area contributed by atoms with E-state index >= 15 is 0 Å². The third-order valence-corrected chi connectivity index (χ3v) is 8.89. The molecular weight excluding hydrogens is 506 g/mol. The highest BCUT2D eigenvalue weighted by atomic mass is 16.7. The number of hydrogen-bond acceptors (Lipinski definition) is 6. The van der Waals surface area contributed by atoms with E-state index in [4.69, 9.17) is 9.47 Å². The van der Waals surface area contributed by atoms with Crippen LogP contribution < -0.4 is 24.8 Å². The topological polar surface area (TPSA) is 104 Å². The largest absolute Gasteiger partial charge is 0.454 e. The number of tetrazole rings is 1. The van der Waals surface area contributed by atoms with Crippen LogP contribution in [-0.4, -0.2) is 58.2 Å². The number of piperazine rings is 1. The number of pyridine rings is 1. The second-order valence-corrected chi connectivity index (χ2v) is 11.9. The lowest BCUT2D eigenvalue weighted by Crippen LogP contribution is -3.27. The lowest BCUT2D eigenvalue weighted by molar-refractivity contribution is -1.03. The predicted octanol–water partition coefficient (Wildman–Crippen LogP) is 1.08. The maximum atomic E-state index is 13.7. The molecule has 1 fully saturated rings. The van der Waals surface area contributed by atoms with Gasteiger partial charge in [-0.1, -0.05) is 6.92 Å². The van der Waals surface area contributed by atoms with Crippen molar-refractivity contribution in [1.82, 2.24) is 25.2 Å². The number of aromatic amines is 1. The molecule has 3 N–H and O–H groups in total. The van der Waals surface area contributed by atoms with Gasteiger partial charge in [-0.3, -0.25) is 4.79 Å². The fourth-order valence-corrected chi connectivity index (χ4v) is 5.93. The zero-order chi connectivity index (χ0) is 28.0. The second-order valence-electron chi connectivity index (χ2n) is 11.9. The van der Waals surface area contributed by atoms with Crippen molar-refractivity contribution in [2.75, 3.05) is 33.0 Å². The number of fused-ring (bicyclic) bond motifs is 2. The minimum Gasteiger partial charge on any atom is -0.454 e. The van der Waals surface area contributed by atoms with Crippen LogP contribution in [0.4, 0.5) is 0 Å². The number of nitrogens with zero attached hydrogens (tertiary/aromatic N) is 4. The van der Waals surface area contributed by atoms with Crippen LogP contribution in [0, 0.1) is 13.8 Å². The summed E-state index contributed by atoms with van der Waals surface area (Å²) in [5.41, 5.74) is 4.82. The van der Waals surface area contributed by atoms with Gasteiger partial charge in [-0.25, -0.2) is 4.68 Å². The number of rotatable bonds is 7. The monoisotopic (exact) mass is 545 g/mol. The maximum absolute atomic E-state index is 13.7. The molecule has 10 nitrogen and oxygen atoms in total. The van der Waals surface area contributed by atoms with Crippen LogP contribution in [-0.2, 0) is 12.1 Å². The first kappa shape index (κ1) is 26.5. The van der Waals surface area contributed by atoms with Crippen molar-refractivity contribution in [3.8, 4) is 11.5 Å². The van der Waals surface area contributed by atoms with Gasteiger partial charge in [0.15, 0.2) is 17.5 Å². The van der Waals surface area contributed by atoms with E-state index in [0.29, 0.717) is 5.56 Å².